The summed E-state index contributed by atoms with van der Waals surface area (Å²) < 4.78 is 5.59. The number of ether oxygens (including phenoxy) is 1. The topological polar surface area (TPSA) is 71.5 Å². The van der Waals surface area contributed by atoms with E-state index >= 15 is 0 Å². The third kappa shape index (κ3) is 2.72. The predicted molar refractivity (Wildman–Crippen MR) is 67.8 cm³/mol. The Balaban J connectivity index is 2.07. The molecule has 1 aromatic heterocycles. The first-order chi connectivity index (χ1) is 8.58. The molecule has 0 aliphatic heterocycles. The van der Waals surface area contributed by atoms with Gasteiger partial charge in [-0.2, -0.15) is 0 Å². The Morgan fingerprint density at radius 1 is 1.56 bits per heavy atom. The van der Waals surface area contributed by atoms with Crippen molar-refractivity contribution in [2.45, 2.75) is 38.8 Å². The molecule has 1 saturated carbocycles. The highest BCUT2D eigenvalue weighted by molar-refractivity contribution is 5.73. The van der Waals surface area contributed by atoms with E-state index in [1.54, 1.807) is 6.20 Å². The van der Waals surface area contributed by atoms with Crippen molar-refractivity contribution in [1.29, 1.82) is 0 Å². The SMILES string of the molecule is CC(C)Oc1ncccc1NC1CCC1C(=O)O. The van der Waals surface area contributed by atoms with Crippen LogP contribution in [0.4, 0.5) is 5.69 Å². The van der Waals surface area contributed by atoms with Crippen LogP contribution in [0.2, 0.25) is 0 Å². The second-order valence-corrected chi connectivity index (χ2v) is 4.80. The van der Waals surface area contributed by atoms with Crippen LogP contribution in [0.3, 0.4) is 0 Å². The Labute approximate surface area is 106 Å². The number of aliphatic carboxylic acids is 1. The van der Waals surface area contributed by atoms with Crippen LogP contribution in [-0.4, -0.2) is 28.2 Å². The summed E-state index contributed by atoms with van der Waals surface area (Å²) in [4.78, 5) is 15.1. The van der Waals surface area contributed by atoms with E-state index in [-0.39, 0.29) is 18.1 Å². The third-order valence-electron chi connectivity index (χ3n) is 3.05. The maximum Gasteiger partial charge on any atom is 0.308 e. The first kappa shape index (κ1) is 12.7. The molecule has 18 heavy (non-hydrogen) atoms. The van der Waals surface area contributed by atoms with Crippen LogP contribution in [0.15, 0.2) is 18.3 Å². The molecule has 0 bridgehead atoms. The minimum atomic E-state index is -0.742. The maximum absolute atomic E-state index is 11.0. The summed E-state index contributed by atoms with van der Waals surface area (Å²) in [6, 6.07) is 3.65. The molecule has 0 radical (unpaired) electrons. The van der Waals surface area contributed by atoms with Crippen LogP contribution in [0.1, 0.15) is 26.7 Å². The number of carboxylic acids is 1. The number of hydrogen-bond donors (Lipinski definition) is 2. The lowest BCUT2D eigenvalue weighted by atomic mass is 9.79. The van der Waals surface area contributed by atoms with E-state index in [0.29, 0.717) is 5.88 Å². The number of aromatic nitrogens is 1. The molecule has 1 aliphatic carbocycles. The number of carbonyl (C=O) groups is 1. The van der Waals surface area contributed by atoms with E-state index in [4.69, 9.17) is 9.84 Å². The molecule has 5 nitrogen and oxygen atoms in total. The second kappa shape index (κ2) is 5.25. The molecular formula is C13H18N2O3. The lowest BCUT2D eigenvalue weighted by Gasteiger charge is -2.35. The predicted octanol–water partition coefficient (Wildman–Crippen LogP) is 2.14. The van der Waals surface area contributed by atoms with Crippen molar-refractivity contribution in [3.8, 4) is 5.88 Å². The molecule has 1 aromatic rings. The van der Waals surface area contributed by atoms with Crippen molar-refractivity contribution in [3.05, 3.63) is 18.3 Å². The summed E-state index contributed by atoms with van der Waals surface area (Å²) in [5.41, 5.74) is 0.766. The molecule has 5 heteroatoms. The average molecular weight is 250 g/mol. The van der Waals surface area contributed by atoms with Crippen molar-refractivity contribution in [3.63, 3.8) is 0 Å². The summed E-state index contributed by atoms with van der Waals surface area (Å²) in [7, 11) is 0. The van der Waals surface area contributed by atoms with E-state index < -0.39 is 5.97 Å². The van der Waals surface area contributed by atoms with Gasteiger partial charge in [-0.1, -0.05) is 0 Å². The number of nitrogens with one attached hydrogen (secondary N) is 1. The van der Waals surface area contributed by atoms with E-state index in [1.807, 2.05) is 26.0 Å². The molecule has 1 fully saturated rings. The molecule has 1 aliphatic rings. The van der Waals surface area contributed by atoms with Crippen LogP contribution >= 0.6 is 0 Å². The van der Waals surface area contributed by atoms with Crippen molar-refractivity contribution < 1.29 is 14.6 Å². The fraction of sp³-hybridized carbons (Fsp3) is 0.538. The highest BCUT2D eigenvalue weighted by Gasteiger charge is 2.36. The molecule has 2 atom stereocenters. The summed E-state index contributed by atoms with van der Waals surface area (Å²) in [5.74, 6) is -0.519. The zero-order valence-corrected chi connectivity index (χ0v) is 10.6. The molecule has 0 amide bonds. The molecule has 1 heterocycles. The van der Waals surface area contributed by atoms with Gasteiger partial charge in [-0.25, -0.2) is 4.98 Å². The van der Waals surface area contributed by atoms with E-state index in [1.165, 1.54) is 0 Å². The van der Waals surface area contributed by atoms with Crippen molar-refractivity contribution >= 4 is 11.7 Å². The van der Waals surface area contributed by atoms with Gasteiger partial charge in [0.05, 0.1) is 17.7 Å². The summed E-state index contributed by atoms with van der Waals surface area (Å²) in [5, 5.41) is 12.2. The maximum atomic E-state index is 11.0. The number of pyridine rings is 1. The number of rotatable bonds is 5. The fourth-order valence-corrected chi connectivity index (χ4v) is 1.99. The number of hydrogen-bond acceptors (Lipinski definition) is 4. The number of nitrogens with zero attached hydrogens (tertiary/aromatic N) is 1. The quantitative estimate of drug-likeness (QED) is 0.837. The van der Waals surface area contributed by atoms with E-state index in [2.05, 4.69) is 10.3 Å². The average Bonchev–Trinajstić information content (AvgIpc) is 2.24. The van der Waals surface area contributed by atoms with Crippen LogP contribution in [0.5, 0.6) is 5.88 Å². The molecule has 2 N–H and O–H groups in total. The molecule has 2 rings (SSSR count). The first-order valence-electron chi connectivity index (χ1n) is 6.19. The summed E-state index contributed by atoms with van der Waals surface area (Å²) >= 11 is 0. The molecule has 98 valence electrons. The van der Waals surface area contributed by atoms with Gasteiger partial charge in [0, 0.05) is 12.2 Å². The highest BCUT2D eigenvalue weighted by Crippen LogP contribution is 2.33. The van der Waals surface area contributed by atoms with Gasteiger partial charge in [-0.3, -0.25) is 4.79 Å². The van der Waals surface area contributed by atoms with Crippen molar-refractivity contribution in [2.75, 3.05) is 5.32 Å². The monoisotopic (exact) mass is 250 g/mol. The molecule has 0 aromatic carbocycles. The number of carboxylic acid groups (broad SMARTS) is 1. The summed E-state index contributed by atoms with van der Waals surface area (Å²) in [6.45, 7) is 3.86. The van der Waals surface area contributed by atoms with Gasteiger partial charge >= 0.3 is 5.97 Å². The Morgan fingerprint density at radius 2 is 2.33 bits per heavy atom. The standard InChI is InChI=1S/C13H18N2O3/c1-8(2)18-12-11(4-3-7-14-12)15-10-6-5-9(10)13(16)17/h3-4,7-10,15H,5-6H2,1-2H3,(H,16,17). The lowest BCUT2D eigenvalue weighted by molar-refractivity contribution is -0.144. The Kier molecular flexibility index (Phi) is 3.69. The van der Waals surface area contributed by atoms with Gasteiger partial charge in [0.1, 0.15) is 0 Å². The Morgan fingerprint density at radius 3 is 2.89 bits per heavy atom. The van der Waals surface area contributed by atoms with Crippen LogP contribution < -0.4 is 10.1 Å². The van der Waals surface area contributed by atoms with E-state index in [0.717, 1.165) is 18.5 Å². The zero-order chi connectivity index (χ0) is 13.1. The molecule has 2 unspecified atom stereocenters. The van der Waals surface area contributed by atoms with E-state index in [9.17, 15) is 4.79 Å². The zero-order valence-electron chi connectivity index (χ0n) is 10.6. The van der Waals surface area contributed by atoms with Gasteiger partial charge in [-0.15, -0.1) is 0 Å². The molecule has 0 saturated heterocycles. The Hall–Kier alpha value is -1.78. The second-order valence-electron chi connectivity index (χ2n) is 4.80. The Bertz CT molecular complexity index is 434. The first-order valence-corrected chi connectivity index (χ1v) is 6.19. The van der Waals surface area contributed by atoms with Crippen molar-refractivity contribution in [2.24, 2.45) is 5.92 Å². The smallest absolute Gasteiger partial charge is 0.308 e. The minimum Gasteiger partial charge on any atom is -0.481 e. The van der Waals surface area contributed by atoms with Crippen LogP contribution in [0, 0.1) is 5.92 Å². The van der Waals surface area contributed by atoms with Crippen molar-refractivity contribution in [1.82, 2.24) is 4.98 Å². The fourth-order valence-electron chi connectivity index (χ4n) is 1.99. The van der Waals surface area contributed by atoms with Crippen LogP contribution in [0.25, 0.3) is 0 Å². The normalized spacial score (nSPS) is 22.4. The minimum absolute atomic E-state index is 0.0267. The van der Waals surface area contributed by atoms with Crippen LogP contribution in [-0.2, 0) is 4.79 Å². The molecule has 0 spiro atoms. The van der Waals surface area contributed by atoms with Gasteiger partial charge in [0.25, 0.3) is 0 Å². The largest absolute Gasteiger partial charge is 0.481 e. The van der Waals surface area contributed by atoms with Gasteiger partial charge < -0.3 is 15.2 Å². The number of anilines is 1. The summed E-state index contributed by atoms with van der Waals surface area (Å²) in [6.07, 6.45) is 3.30. The molecular weight excluding hydrogens is 232 g/mol. The lowest BCUT2D eigenvalue weighted by Crippen LogP contribution is -2.43. The third-order valence-corrected chi connectivity index (χ3v) is 3.05. The highest BCUT2D eigenvalue weighted by atomic mass is 16.5. The van der Waals surface area contributed by atoms with Gasteiger partial charge in [-0.05, 0) is 38.8 Å². The van der Waals surface area contributed by atoms with Gasteiger partial charge in [0.15, 0.2) is 0 Å². The van der Waals surface area contributed by atoms with Gasteiger partial charge in [0.2, 0.25) is 5.88 Å².